The first kappa shape index (κ1) is 30.3. The minimum absolute atomic E-state index is 0. The summed E-state index contributed by atoms with van der Waals surface area (Å²) >= 11 is 0. The van der Waals surface area contributed by atoms with Crippen molar-refractivity contribution in [3.63, 3.8) is 0 Å². The molecule has 197 valence electrons. The Balaban J connectivity index is 0.000000299. The van der Waals surface area contributed by atoms with Gasteiger partial charge in [-0.25, -0.2) is 0 Å². The molecule has 2 N–H and O–H groups in total. The Hall–Kier alpha value is -2.94. The van der Waals surface area contributed by atoms with Crippen molar-refractivity contribution in [1.29, 1.82) is 0 Å². The van der Waals surface area contributed by atoms with Gasteiger partial charge >= 0.3 is 5.78 Å². The number of fused-ring (bicyclic) bond motifs is 3. The maximum absolute atomic E-state index is 9.60. The third-order valence-corrected chi connectivity index (χ3v) is 6.15. The normalized spacial score (nSPS) is 13.5. The first-order chi connectivity index (χ1) is 16.7. The molecule has 3 aromatic carbocycles. The molecule has 3 nitrogen and oxygen atoms in total. The molecule has 0 saturated carbocycles. The number of aryl methyl sites for hydroxylation is 2. The number of hydrogen-bond donors (Lipinski definition) is 1. The molecule has 0 saturated heterocycles. The van der Waals surface area contributed by atoms with Crippen molar-refractivity contribution in [2.45, 2.75) is 55.4 Å². The maximum atomic E-state index is 9.60. The average Bonchev–Trinajstić information content (AvgIpc) is 2.77. The van der Waals surface area contributed by atoms with Crippen LogP contribution in [-0.4, -0.2) is 27.0 Å². The van der Waals surface area contributed by atoms with E-state index in [0.29, 0.717) is 0 Å². The van der Waals surface area contributed by atoms with E-state index in [1.165, 1.54) is 33.5 Å². The summed E-state index contributed by atoms with van der Waals surface area (Å²) in [5.41, 5.74) is 5.34. The van der Waals surface area contributed by atoms with E-state index in [-0.39, 0.29) is 42.5 Å². The number of rotatable bonds is 2. The van der Waals surface area contributed by atoms with E-state index >= 15 is 0 Å². The summed E-state index contributed by atoms with van der Waals surface area (Å²) in [7, 11) is 0. The molecule has 0 aromatic heterocycles. The standard InChI is InChI=1S/C22H18N.C11H20O2.Ir/c1-15-12-16(2)14-18(13-15)22-21-9-8-17-6-4-5-7-19(17)20(21)10-11-23(22)3;1-10(2,3)8(12)7-9(13)11(4,5)6;/h4-13H,3H2,1-2H3;7,12H,1-6H3;/q-1;;/p+1/b;8-7-;. The van der Waals surface area contributed by atoms with E-state index in [9.17, 15) is 9.90 Å². The van der Waals surface area contributed by atoms with Crippen LogP contribution >= 0.6 is 0 Å². The molecule has 0 bridgehead atoms. The maximum Gasteiger partial charge on any atom is 0.325 e. The van der Waals surface area contributed by atoms with E-state index in [2.05, 4.69) is 81.2 Å². The molecule has 1 aliphatic rings. The number of carbonyl (C=O) groups excluding carboxylic acids is 1. The van der Waals surface area contributed by atoms with Gasteiger partial charge in [-0.1, -0.05) is 86.2 Å². The topological polar surface area (TPSA) is 44.6 Å². The van der Waals surface area contributed by atoms with Gasteiger partial charge in [0, 0.05) is 32.2 Å². The van der Waals surface area contributed by atoms with Crippen LogP contribution < -0.4 is 0 Å². The summed E-state index contributed by atoms with van der Waals surface area (Å²) in [6.45, 7) is 19.8. The van der Waals surface area contributed by atoms with E-state index in [4.69, 9.17) is 0 Å². The average molecular weight is 674 g/mol. The Labute approximate surface area is 236 Å². The van der Waals surface area contributed by atoms with Gasteiger partial charge in [0.2, 0.25) is 0 Å². The van der Waals surface area contributed by atoms with E-state index < -0.39 is 0 Å². The number of aliphatic hydroxyl groups is 1. The molecule has 4 heteroatoms. The zero-order valence-corrected chi connectivity index (χ0v) is 25.6. The predicted molar refractivity (Wildman–Crippen MR) is 153 cm³/mol. The van der Waals surface area contributed by atoms with Crippen LogP contribution in [0.5, 0.6) is 0 Å². The summed E-state index contributed by atoms with van der Waals surface area (Å²) in [5, 5.41) is 12.1. The van der Waals surface area contributed by atoms with Gasteiger partial charge in [-0.15, -0.1) is 35.4 Å². The van der Waals surface area contributed by atoms with Crippen LogP contribution in [0.1, 0.15) is 69.4 Å². The molecule has 0 unspecified atom stereocenters. The van der Waals surface area contributed by atoms with Crippen LogP contribution in [0.15, 0.2) is 66.6 Å². The van der Waals surface area contributed by atoms with Crippen molar-refractivity contribution in [2.24, 2.45) is 10.8 Å². The predicted octanol–water partition coefficient (Wildman–Crippen LogP) is 7.95. The van der Waals surface area contributed by atoms with Crippen LogP contribution in [0, 0.1) is 36.8 Å². The quantitative estimate of drug-likeness (QED) is 0.0970. The van der Waals surface area contributed by atoms with Crippen LogP contribution in [-0.2, 0) is 20.1 Å². The molecular weight excluding hydrogens is 635 g/mol. The minimum atomic E-state index is -0.306. The molecule has 1 aliphatic heterocycles. The molecule has 0 spiro atoms. The first-order valence-electron chi connectivity index (χ1n) is 12.3. The zero-order chi connectivity index (χ0) is 26.8. The molecule has 0 fully saturated rings. The van der Waals surface area contributed by atoms with Gasteiger partial charge in [0.05, 0.1) is 23.7 Å². The van der Waals surface area contributed by atoms with Crippen LogP contribution in [0.3, 0.4) is 0 Å². The van der Waals surface area contributed by atoms with Gasteiger partial charge in [-0.05, 0) is 33.1 Å². The molecule has 0 atom stereocenters. The van der Waals surface area contributed by atoms with Gasteiger partial charge in [-0.3, -0.25) is 4.79 Å². The van der Waals surface area contributed by atoms with E-state index in [1.807, 2.05) is 52.3 Å². The Kier molecular flexibility index (Phi) is 9.52. The van der Waals surface area contributed by atoms with Crippen molar-refractivity contribution >= 4 is 29.3 Å². The van der Waals surface area contributed by atoms with Crippen LogP contribution in [0.4, 0.5) is 0 Å². The number of benzene rings is 3. The van der Waals surface area contributed by atoms with Gasteiger partial charge in [0.15, 0.2) is 0 Å². The fraction of sp³-hybridized carbons (Fsp3) is 0.303. The van der Waals surface area contributed by atoms with Crippen molar-refractivity contribution in [1.82, 2.24) is 0 Å². The molecule has 3 aromatic rings. The second kappa shape index (κ2) is 11.6. The fourth-order valence-electron chi connectivity index (χ4n) is 3.96. The van der Waals surface area contributed by atoms with Gasteiger partial charge in [0.25, 0.3) is 0 Å². The smallest absolute Gasteiger partial charge is 0.325 e. The SMILES string of the molecule is C=[N+]1C=Cc2c(ccc3ccccc23)[C-]1c1[c-]c(C)cc(C)c1.CC(C)(C)C(=[OH+])/C=C(\O)C(C)(C)C.[Ir]. The Morgan fingerprint density at radius 2 is 1.65 bits per heavy atom. The molecular formula is C33H39IrNO2. The first-order valence-corrected chi connectivity index (χ1v) is 12.3. The molecule has 37 heavy (non-hydrogen) atoms. The fourth-order valence-corrected chi connectivity index (χ4v) is 3.96. The largest absolute Gasteiger partial charge is 0.511 e. The van der Waals surface area contributed by atoms with Crippen molar-refractivity contribution in [3.8, 4) is 0 Å². The van der Waals surface area contributed by atoms with Crippen LogP contribution in [0.25, 0.3) is 16.8 Å². The van der Waals surface area contributed by atoms with E-state index in [1.54, 1.807) is 0 Å². The molecule has 4 rings (SSSR count). The summed E-state index contributed by atoms with van der Waals surface area (Å²) < 4.78 is 1.95. The molecule has 0 amide bonds. The van der Waals surface area contributed by atoms with Crippen molar-refractivity contribution < 1.29 is 34.6 Å². The van der Waals surface area contributed by atoms with Gasteiger partial charge in [-0.2, -0.15) is 0 Å². The second-order valence-corrected chi connectivity index (χ2v) is 11.6. The summed E-state index contributed by atoms with van der Waals surface area (Å²) in [6, 6.07) is 21.8. The van der Waals surface area contributed by atoms with E-state index in [0.717, 1.165) is 17.2 Å². The Morgan fingerprint density at radius 1 is 1.00 bits per heavy atom. The molecule has 1 heterocycles. The summed E-state index contributed by atoms with van der Waals surface area (Å²) in [6.07, 6.45) is 5.63. The van der Waals surface area contributed by atoms with Crippen molar-refractivity contribution in [3.05, 3.63) is 106 Å². The Bertz CT molecular complexity index is 1350. The third-order valence-electron chi connectivity index (χ3n) is 6.15. The number of aliphatic hydroxyl groups excluding tert-OH is 1. The monoisotopic (exact) mass is 674 g/mol. The summed E-state index contributed by atoms with van der Waals surface area (Å²) in [4.78, 5) is 9.60. The number of hydrogen-bond acceptors (Lipinski definition) is 1. The zero-order valence-electron chi connectivity index (χ0n) is 23.2. The van der Waals surface area contributed by atoms with Gasteiger partial charge < -0.3 is 9.68 Å². The molecule has 1 radical (unpaired) electrons. The van der Waals surface area contributed by atoms with Gasteiger partial charge in [0.1, 0.15) is 5.76 Å². The summed E-state index contributed by atoms with van der Waals surface area (Å²) in [5.74, 6) is 0.417. The number of ketones is 1. The minimum Gasteiger partial charge on any atom is -0.511 e. The number of nitrogens with zero attached hydrogens (tertiary/aromatic N) is 1. The second-order valence-electron chi connectivity index (χ2n) is 11.6. The van der Waals surface area contributed by atoms with Crippen molar-refractivity contribution in [2.75, 3.05) is 0 Å². The third kappa shape index (κ3) is 7.31. The Morgan fingerprint density at radius 3 is 2.24 bits per heavy atom. The number of allylic oxidation sites excluding steroid dienone is 2. The molecule has 0 aliphatic carbocycles. The van der Waals surface area contributed by atoms with Crippen LogP contribution in [0.2, 0.25) is 0 Å².